The number of nitrogens with one attached hydrogen (secondary N) is 1. The van der Waals surface area contributed by atoms with Gasteiger partial charge in [-0.15, -0.1) is 11.3 Å². The Morgan fingerprint density at radius 2 is 1.88 bits per heavy atom. The molecule has 1 saturated heterocycles. The lowest BCUT2D eigenvalue weighted by Gasteiger charge is -2.47. The van der Waals surface area contributed by atoms with E-state index in [2.05, 4.69) is 5.32 Å². The zero-order chi connectivity index (χ0) is 24.8. The number of carbonyl (C=O) groups excluding carboxylic acids is 4. The number of carbonyl (C=O) groups is 4. The maximum atomic E-state index is 13.4. The average molecular weight is 487 g/mol. The van der Waals surface area contributed by atoms with E-state index in [0.29, 0.717) is 24.0 Å². The summed E-state index contributed by atoms with van der Waals surface area (Å²) in [7, 11) is 0. The topological polar surface area (TPSA) is 92.8 Å². The number of likely N-dealkylation sites (tertiary alicyclic amines) is 1. The Kier molecular flexibility index (Phi) is 6.10. The number of hydrogen-bond donors (Lipinski definition) is 1. The second kappa shape index (κ2) is 8.61. The van der Waals surface area contributed by atoms with Gasteiger partial charge in [0, 0.05) is 16.9 Å². The predicted octanol–water partition coefficient (Wildman–Crippen LogP) is 4.48. The summed E-state index contributed by atoms with van der Waals surface area (Å²) in [5.74, 6) is -2.60. The fourth-order valence-electron chi connectivity index (χ4n) is 5.06. The van der Waals surface area contributed by atoms with Gasteiger partial charge in [-0.3, -0.25) is 19.3 Å². The van der Waals surface area contributed by atoms with Crippen LogP contribution < -0.4 is 5.32 Å². The second-order valence-corrected chi connectivity index (χ2v) is 10.4. The summed E-state index contributed by atoms with van der Waals surface area (Å²) in [5.41, 5.74) is 0.0608. The first kappa shape index (κ1) is 24.1. The number of rotatable bonds is 6. The molecule has 1 saturated carbocycles. The van der Waals surface area contributed by atoms with Gasteiger partial charge in [0.25, 0.3) is 0 Å². The zero-order valence-electron chi connectivity index (χ0n) is 19.6. The molecule has 9 heteroatoms. The van der Waals surface area contributed by atoms with Gasteiger partial charge in [0.2, 0.25) is 17.7 Å². The van der Waals surface area contributed by atoms with Crippen molar-refractivity contribution in [2.45, 2.75) is 40.5 Å². The summed E-state index contributed by atoms with van der Waals surface area (Å²) in [6.45, 7) is 7.12. The molecule has 0 radical (unpaired) electrons. The van der Waals surface area contributed by atoms with Gasteiger partial charge in [-0.05, 0) is 42.9 Å². The van der Waals surface area contributed by atoms with Crippen LogP contribution in [0.1, 0.15) is 50.9 Å². The molecule has 1 N–H and O–H groups in total. The Morgan fingerprint density at radius 3 is 2.53 bits per heavy atom. The molecule has 2 bridgehead atoms. The summed E-state index contributed by atoms with van der Waals surface area (Å²) in [4.78, 5) is 53.0. The van der Waals surface area contributed by atoms with Crippen LogP contribution in [0, 0.1) is 22.6 Å². The molecule has 1 aliphatic heterocycles. The van der Waals surface area contributed by atoms with Gasteiger partial charge in [-0.1, -0.05) is 32.9 Å². The van der Waals surface area contributed by atoms with Gasteiger partial charge in [0.1, 0.15) is 22.9 Å². The maximum Gasteiger partial charge on any atom is 0.341 e. The Balaban J connectivity index is 1.59. The SMILES string of the molecule is CCOC(=O)c1c(-c2ccc(F)cc2)csc1NC(=O)CN1C(=O)C2CCC(C)(C1=O)C2(C)C. The van der Waals surface area contributed by atoms with Crippen molar-refractivity contribution in [3.63, 3.8) is 0 Å². The quantitative estimate of drug-likeness (QED) is 0.480. The Hall–Kier alpha value is -3.07. The molecule has 0 spiro atoms. The van der Waals surface area contributed by atoms with Crippen molar-refractivity contribution in [1.82, 2.24) is 4.90 Å². The van der Waals surface area contributed by atoms with Crippen molar-refractivity contribution in [1.29, 1.82) is 0 Å². The minimum atomic E-state index is -0.708. The number of nitrogens with zero attached hydrogens (tertiary/aromatic N) is 1. The summed E-state index contributed by atoms with van der Waals surface area (Å²) in [6, 6.07) is 5.64. The summed E-state index contributed by atoms with van der Waals surface area (Å²) >= 11 is 1.12. The van der Waals surface area contributed by atoms with Crippen LogP contribution in [0.4, 0.5) is 9.39 Å². The number of benzene rings is 1. The molecule has 4 rings (SSSR count). The number of piperidine rings is 1. The van der Waals surface area contributed by atoms with Crippen LogP contribution in [0.3, 0.4) is 0 Å². The van der Waals surface area contributed by atoms with E-state index in [9.17, 15) is 23.6 Å². The highest BCUT2D eigenvalue weighted by atomic mass is 32.1. The highest BCUT2D eigenvalue weighted by Crippen LogP contribution is 2.60. The fraction of sp³-hybridized carbons (Fsp3) is 0.440. The molecule has 2 aliphatic rings. The van der Waals surface area contributed by atoms with E-state index in [-0.39, 0.29) is 34.9 Å². The number of anilines is 1. The first-order valence-electron chi connectivity index (χ1n) is 11.2. The van der Waals surface area contributed by atoms with Crippen LogP contribution in [0.15, 0.2) is 29.6 Å². The fourth-order valence-corrected chi connectivity index (χ4v) is 6.03. The number of thiophene rings is 1. The lowest BCUT2D eigenvalue weighted by Crippen LogP contribution is -2.60. The van der Waals surface area contributed by atoms with E-state index in [0.717, 1.165) is 16.2 Å². The number of imide groups is 1. The van der Waals surface area contributed by atoms with Gasteiger partial charge in [-0.25, -0.2) is 9.18 Å². The minimum absolute atomic E-state index is 0.136. The lowest BCUT2D eigenvalue weighted by molar-refractivity contribution is -0.168. The highest BCUT2D eigenvalue weighted by Gasteiger charge is 2.64. The second-order valence-electron chi connectivity index (χ2n) is 9.50. The molecule has 3 amide bonds. The van der Waals surface area contributed by atoms with Crippen molar-refractivity contribution in [2.75, 3.05) is 18.5 Å². The van der Waals surface area contributed by atoms with Crippen molar-refractivity contribution >= 4 is 40.0 Å². The van der Waals surface area contributed by atoms with E-state index in [1.54, 1.807) is 12.3 Å². The summed E-state index contributed by atoms with van der Waals surface area (Å²) in [5, 5.41) is 4.60. The van der Waals surface area contributed by atoms with E-state index < -0.39 is 35.1 Å². The third-order valence-corrected chi connectivity index (χ3v) is 8.38. The van der Waals surface area contributed by atoms with Crippen molar-refractivity contribution in [3.8, 4) is 11.1 Å². The molecule has 180 valence electrons. The van der Waals surface area contributed by atoms with Gasteiger partial charge in [0.15, 0.2) is 0 Å². The molecule has 2 unspecified atom stereocenters. The largest absolute Gasteiger partial charge is 0.462 e. The highest BCUT2D eigenvalue weighted by molar-refractivity contribution is 7.15. The molecule has 2 atom stereocenters. The zero-order valence-corrected chi connectivity index (χ0v) is 20.4. The first-order chi connectivity index (χ1) is 16.0. The number of ether oxygens (including phenoxy) is 1. The number of hydrogen-bond acceptors (Lipinski definition) is 6. The van der Waals surface area contributed by atoms with Gasteiger partial charge < -0.3 is 10.1 Å². The molecule has 34 heavy (non-hydrogen) atoms. The van der Waals surface area contributed by atoms with Crippen molar-refractivity contribution in [2.24, 2.45) is 16.7 Å². The smallest absolute Gasteiger partial charge is 0.341 e. The van der Waals surface area contributed by atoms with Crippen LogP contribution in [-0.4, -0.2) is 41.7 Å². The van der Waals surface area contributed by atoms with Gasteiger partial charge in [-0.2, -0.15) is 0 Å². The molecular formula is C25H27FN2O5S. The molecule has 1 aromatic carbocycles. The first-order valence-corrected chi connectivity index (χ1v) is 12.1. The van der Waals surface area contributed by atoms with Crippen LogP contribution >= 0.6 is 11.3 Å². The Bertz CT molecular complexity index is 1170. The van der Waals surface area contributed by atoms with E-state index in [4.69, 9.17) is 4.74 Å². The van der Waals surface area contributed by atoms with Crippen molar-refractivity contribution < 1.29 is 28.3 Å². The van der Waals surface area contributed by atoms with E-state index in [1.807, 2.05) is 20.8 Å². The minimum Gasteiger partial charge on any atom is -0.462 e. The standard InChI is InChI=1S/C25H27FN2O5S/c1-5-33-22(31)19-16(14-6-8-15(26)9-7-14)13-34-20(19)27-18(29)12-28-21(30)17-10-11-25(4,23(28)32)24(17,2)3/h6-9,13,17H,5,10-12H2,1-4H3,(H,27,29). The van der Waals surface area contributed by atoms with Crippen LogP contribution in [-0.2, 0) is 19.1 Å². The summed E-state index contributed by atoms with van der Waals surface area (Å²) < 4.78 is 18.5. The third kappa shape index (κ3) is 3.72. The monoisotopic (exact) mass is 486 g/mol. The number of fused-ring (bicyclic) bond motifs is 2. The molecule has 2 heterocycles. The number of amides is 3. The molecular weight excluding hydrogens is 459 g/mol. The molecule has 1 aliphatic carbocycles. The van der Waals surface area contributed by atoms with Crippen molar-refractivity contribution in [3.05, 3.63) is 41.0 Å². The van der Waals surface area contributed by atoms with Crippen LogP contribution in [0.2, 0.25) is 0 Å². The molecule has 2 fully saturated rings. The average Bonchev–Trinajstić information content (AvgIpc) is 3.27. The normalized spacial score (nSPS) is 23.2. The Morgan fingerprint density at radius 1 is 1.21 bits per heavy atom. The lowest BCUT2D eigenvalue weighted by atomic mass is 9.62. The third-order valence-electron chi connectivity index (χ3n) is 7.49. The van der Waals surface area contributed by atoms with Crippen LogP contribution in [0.25, 0.3) is 11.1 Å². The van der Waals surface area contributed by atoms with Crippen LogP contribution in [0.5, 0.6) is 0 Å². The maximum absolute atomic E-state index is 13.4. The van der Waals surface area contributed by atoms with E-state index >= 15 is 0 Å². The summed E-state index contributed by atoms with van der Waals surface area (Å²) in [6.07, 6.45) is 1.22. The molecule has 2 aromatic rings. The van der Waals surface area contributed by atoms with E-state index in [1.165, 1.54) is 24.3 Å². The number of esters is 1. The predicted molar refractivity (Wildman–Crippen MR) is 126 cm³/mol. The Labute approximate surface area is 201 Å². The molecule has 7 nitrogen and oxygen atoms in total. The molecule has 1 aromatic heterocycles. The number of halogens is 1. The van der Waals surface area contributed by atoms with Gasteiger partial charge >= 0.3 is 5.97 Å². The van der Waals surface area contributed by atoms with Gasteiger partial charge in [0.05, 0.1) is 12.0 Å².